The zero-order valence-electron chi connectivity index (χ0n) is 19.5. The Kier molecular flexibility index (Phi) is 8.74. The van der Waals surface area contributed by atoms with E-state index >= 15 is 0 Å². The molecule has 1 heterocycles. The maximum atomic E-state index is 10.6. The third kappa shape index (κ3) is 6.12. The summed E-state index contributed by atoms with van der Waals surface area (Å²) in [6.45, 7) is 7.66. The first-order chi connectivity index (χ1) is 15.4. The molecule has 0 spiro atoms. The van der Waals surface area contributed by atoms with Gasteiger partial charge in [-0.2, -0.15) is 5.10 Å². The predicted molar refractivity (Wildman–Crippen MR) is 131 cm³/mol. The van der Waals surface area contributed by atoms with Gasteiger partial charge in [-0.3, -0.25) is 4.90 Å². The van der Waals surface area contributed by atoms with Crippen molar-refractivity contribution in [1.82, 2.24) is 14.7 Å². The van der Waals surface area contributed by atoms with Crippen molar-refractivity contribution >= 4 is 11.6 Å². The Balaban J connectivity index is 1.99. The van der Waals surface area contributed by atoms with Gasteiger partial charge < -0.3 is 9.84 Å². The number of para-hydroxylation sites is 1. The Morgan fingerprint density at radius 1 is 1.09 bits per heavy atom. The molecule has 32 heavy (non-hydrogen) atoms. The number of aryl methyl sites for hydroxylation is 1. The lowest BCUT2D eigenvalue weighted by molar-refractivity contribution is 0.0829. The highest BCUT2D eigenvalue weighted by molar-refractivity contribution is 6.32. The van der Waals surface area contributed by atoms with Crippen LogP contribution in [0.2, 0.25) is 5.02 Å². The topological polar surface area (TPSA) is 50.5 Å². The number of nitrogens with zero attached hydrogens (tertiary/aromatic N) is 3. The molecule has 2 aromatic carbocycles. The molecule has 0 amide bonds. The summed E-state index contributed by atoms with van der Waals surface area (Å²) in [5.41, 5.74) is 2.89. The molecule has 0 saturated carbocycles. The van der Waals surface area contributed by atoms with E-state index in [4.69, 9.17) is 21.4 Å². The highest BCUT2D eigenvalue weighted by atomic mass is 35.5. The van der Waals surface area contributed by atoms with Crippen molar-refractivity contribution in [3.05, 3.63) is 65.2 Å². The van der Waals surface area contributed by atoms with Crippen molar-refractivity contribution < 1.29 is 9.84 Å². The molecule has 0 fully saturated rings. The average molecular weight is 456 g/mol. The molecular formula is C26H34ClN3O2. The lowest BCUT2D eigenvalue weighted by Crippen LogP contribution is -2.37. The van der Waals surface area contributed by atoms with Gasteiger partial charge in [0.2, 0.25) is 5.88 Å². The molecule has 0 bridgehead atoms. The zero-order valence-corrected chi connectivity index (χ0v) is 20.2. The molecular weight excluding hydrogens is 422 g/mol. The smallest absolute Gasteiger partial charge is 0.222 e. The van der Waals surface area contributed by atoms with Gasteiger partial charge in [0.1, 0.15) is 11.4 Å². The van der Waals surface area contributed by atoms with Crippen molar-refractivity contribution in [2.24, 2.45) is 7.05 Å². The summed E-state index contributed by atoms with van der Waals surface area (Å²) in [5.74, 6) is 1.25. The lowest BCUT2D eigenvalue weighted by atomic mass is 10.1. The molecule has 5 nitrogen and oxygen atoms in total. The molecule has 1 N–H and O–H groups in total. The van der Waals surface area contributed by atoms with Crippen molar-refractivity contribution in [1.29, 1.82) is 0 Å². The van der Waals surface area contributed by atoms with E-state index < -0.39 is 0 Å². The minimum Gasteiger partial charge on any atom is -0.437 e. The summed E-state index contributed by atoms with van der Waals surface area (Å²) in [7, 11) is 1.89. The van der Waals surface area contributed by atoms with E-state index in [1.165, 1.54) is 0 Å². The molecule has 0 saturated heterocycles. The molecule has 1 aromatic heterocycles. The van der Waals surface area contributed by atoms with Gasteiger partial charge in [-0.1, -0.05) is 73.8 Å². The molecule has 172 valence electrons. The Morgan fingerprint density at radius 2 is 1.78 bits per heavy atom. The third-order valence-electron chi connectivity index (χ3n) is 5.61. The third-order valence-corrected chi connectivity index (χ3v) is 5.92. The molecule has 0 aliphatic rings. The number of aromatic nitrogens is 2. The first-order valence-corrected chi connectivity index (χ1v) is 11.7. The minimum atomic E-state index is -0.359. The number of hydrogen-bond acceptors (Lipinski definition) is 4. The molecule has 6 heteroatoms. The summed E-state index contributed by atoms with van der Waals surface area (Å²) in [5, 5.41) is 16.0. The second kappa shape index (κ2) is 11.5. The lowest BCUT2D eigenvalue weighted by Gasteiger charge is -2.29. The van der Waals surface area contributed by atoms with Crippen molar-refractivity contribution in [3.8, 4) is 22.9 Å². The number of unbranched alkanes of at least 4 members (excludes halogenated alkanes) is 1. The second-order valence-electron chi connectivity index (χ2n) is 8.47. The highest BCUT2D eigenvalue weighted by Gasteiger charge is 2.24. The normalized spacial score (nSPS) is 12.5. The number of rotatable bonds is 11. The summed E-state index contributed by atoms with van der Waals surface area (Å²) in [6, 6.07) is 17.8. The number of benzene rings is 2. The first kappa shape index (κ1) is 24.3. The molecule has 1 unspecified atom stereocenters. The fourth-order valence-corrected chi connectivity index (χ4v) is 3.92. The van der Waals surface area contributed by atoms with E-state index in [9.17, 15) is 5.11 Å². The number of ether oxygens (including phenoxy) is 1. The van der Waals surface area contributed by atoms with Gasteiger partial charge >= 0.3 is 0 Å². The van der Waals surface area contributed by atoms with Crippen LogP contribution >= 0.6 is 11.6 Å². The van der Waals surface area contributed by atoms with E-state index in [2.05, 4.69) is 37.8 Å². The van der Waals surface area contributed by atoms with Crippen molar-refractivity contribution in [2.75, 3.05) is 6.54 Å². The van der Waals surface area contributed by atoms with Crippen LogP contribution in [0.1, 0.15) is 45.6 Å². The molecule has 0 radical (unpaired) electrons. The Labute approximate surface area is 196 Å². The Morgan fingerprint density at radius 3 is 2.44 bits per heavy atom. The fraction of sp³-hybridized carbons (Fsp3) is 0.423. The van der Waals surface area contributed by atoms with Gasteiger partial charge in [-0.05, 0) is 32.4 Å². The monoisotopic (exact) mass is 455 g/mol. The van der Waals surface area contributed by atoms with Crippen LogP contribution in [-0.4, -0.2) is 38.5 Å². The van der Waals surface area contributed by atoms with Crippen LogP contribution in [0, 0.1) is 0 Å². The second-order valence-corrected chi connectivity index (χ2v) is 8.88. The predicted octanol–water partition coefficient (Wildman–Crippen LogP) is 6.29. The maximum Gasteiger partial charge on any atom is 0.222 e. The fourth-order valence-electron chi connectivity index (χ4n) is 3.74. The summed E-state index contributed by atoms with van der Waals surface area (Å²) in [4.78, 5) is 2.28. The van der Waals surface area contributed by atoms with Crippen molar-refractivity contribution in [2.45, 2.75) is 58.7 Å². The average Bonchev–Trinajstić information content (AvgIpc) is 3.09. The largest absolute Gasteiger partial charge is 0.437 e. The standard InChI is InChI=1S/C26H34ClN3O2/c1-5-6-14-21(31)17-30(19(2)3)18-22-25(20-12-8-7-9-13-20)28-29(4)26(22)32-24-16-11-10-15-23(24)27/h7-13,15-16,19,21,31H,5-6,14,17-18H2,1-4H3. The van der Waals surface area contributed by atoms with Gasteiger partial charge in [-0.25, -0.2) is 4.68 Å². The number of hydrogen-bond donors (Lipinski definition) is 1. The number of aliphatic hydroxyl groups is 1. The number of halogens is 1. The van der Waals surface area contributed by atoms with Crippen LogP contribution in [-0.2, 0) is 13.6 Å². The van der Waals surface area contributed by atoms with Crippen LogP contribution in [0.25, 0.3) is 11.3 Å². The van der Waals surface area contributed by atoms with E-state index in [-0.39, 0.29) is 12.1 Å². The van der Waals surface area contributed by atoms with Gasteiger partial charge in [0, 0.05) is 31.7 Å². The minimum absolute atomic E-state index is 0.253. The zero-order chi connectivity index (χ0) is 23.1. The van der Waals surface area contributed by atoms with E-state index in [1.54, 1.807) is 4.68 Å². The van der Waals surface area contributed by atoms with Gasteiger partial charge in [-0.15, -0.1) is 0 Å². The summed E-state index contributed by atoms with van der Waals surface area (Å²) in [6.07, 6.45) is 2.55. The quantitative estimate of drug-likeness (QED) is 0.369. The van der Waals surface area contributed by atoms with Gasteiger partial charge in [0.15, 0.2) is 0 Å². The Hall–Kier alpha value is -2.34. The molecule has 3 rings (SSSR count). The summed E-state index contributed by atoms with van der Waals surface area (Å²) < 4.78 is 8.07. The van der Waals surface area contributed by atoms with E-state index in [0.29, 0.717) is 29.7 Å². The molecule has 0 aliphatic heterocycles. The van der Waals surface area contributed by atoms with E-state index in [1.807, 2.05) is 49.5 Å². The maximum absolute atomic E-state index is 10.6. The van der Waals surface area contributed by atoms with Crippen LogP contribution in [0.5, 0.6) is 11.6 Å². The van der Waals surface area contributed by atoms with Gasteiger partial charge in [0.05, 0.1) is 16.7 Å². The van der Waals surface area contributed by atoms with E-state index in [0.717, 1.165) is 36.1 Å². The molecule has 3 aromatic rings. The highest BCUT2D eigenvalue weighted by Crippen LogP contribution is 2.36. The summed E-state index contributed by atoms with van der Waals surface area (Å²) >= 11 is 6.38. The molecule has 0 aliphatic carbocycles. The number of aliphatic hydroxyl groups excluding tert-OH is 1. The van der Waals surface area contributed by atoms with Crippen LogP contribution in [0.15, 0.2) is 54.6 Å². The van der Waals surface area contributed by atoms with Gasteiger partial charge in [0.25, 0.3) is 0 Å². The molecule has 1 atom stereocenters. The van der Waals surface area contributed by atoms with Crippen molar-refractivity contribution in [3.63, 3.8) is 0 Å². The SMILES string of the molecule is CCCCC(O)CN(Cc1c(-c2ccccc2)nn(C)c1Oc1ccccc1Cl)C(C)C. The Bertz CT molecular complexity index is 988. The van der Waals surface area contributed by atoms with Crippen LogP contribution < -0.4 is 4.74 Å². The first-order valence-electron chi connectivity index (χ1n) is 11.4. The van der Waals surface area contributed by atoms with Crippen LogP contribution in [0.4, 0.5) is 0 Å². The van der Waals surface area contributed by atoms with Crippen LogP contribution in [0.3, 0.4) is 0 Å².